The van der Waals surface area contributed by atoms with Crippen LogP contribution < -0.4 is 15.5 Å². The highest BCUT2D eigenvalue weighted by Crippen LogP contribution is 2.28. The molecule has 1 aromatic rings. The number of carbonyl (C=O) groups is 2. The van der Waals surface area contributed by atoms with E-state index >= 15 is 0 Å². The van der Waals surface area contributed by atoms with Gasteiger partial charge in [0.25, 0.3) is 0 Å². The van der Waals surface area contributed by atoms with Gasteiger partial charge in [-0.3, -0.25) is 4.79 Å². The number of urea groups is 1. The van der Waals surface area contributed by atoms with Crippen molar-refractivity contribution in [2.24, 2.45) is 0 Å². The van der Waals surface area contributed by atoms with Crippen molar-refractivity contribution in [3.05, 3.63) is 24.3 Å². The zero-order valence-corrected chi connectivity index (χ0v) is 15.0. The SMILES string of the molecule is CC(=O)N[C@@H]1CCCN(C(=O)Nc2ccccc2N2CCCCC2)C1. The van der Waals surface area contributed by atoms with Crippen molar-refractivity contribution in [3.8, 4) is 0 Å². The van der Waals surface area contributed by atoms with Gasteiger partial charge in [-0.05, 0) is 44.2 Å². The maximum Gasteiger partial charge on any atom is 0.321 e. The summed E-state index contributed by atoms with van der Waals surface area (Å²) < 4.78 is 0. The fourth-order valence-electron chi connectivity index (χ4n) is 3.75. The Morgan fingerprint density at radius 2 is 1.80 bits per heavy atom. The van der Waals surface area contributed by atoms with Crippen LogP contribution in [0.15, 0.2) is 24.3 Å². The van der Waals surface area contributed by atoms with Gasteiger partial charge in [0, 0.05) is 39.1 Å². The van der Waals surface area contributed by atoms with Gasteiger partial charge in [-0.15, -0.1) is 0 Å². The van der Waals surface area contributed by atoms with Crippen molar-refractivity contribution in [2.75, 3.05) is 36.4 Å². The highest BCUT2D eigenvalue weighted by molar-refractivity contribution is 5.93. The molecule has 6 nitrogen and oxygen atoms in total. The molecule has 0 bridgehead atoms. The van der Waals surface area contributed by atoms with E-state index in [-0.39, 0.29) is 18.0 Å². The Bertz CT molecular complexity index is 613. The van der Waals surface area contributed by atoms with Crippen LogP contribution in [-0.2, 0) is 4.79 Å². The lowest BCUT2D eigenvalue weighted by molar-refractivity contribution is -0.119. The molecule has 0 aromatic heterocycles. The van der Waals surface area contributed by atoms with E-state index < -0.39 is 0 Å². The molecular weight excluding hydrogens is 316 g/mol. The molecule has 1 aromatic carbocycles. The number of benzene rings is 1. The van der Waals surface area contributed by atoms with Gasteiger partial charge in [0.05, 0.1) is 11.4 Å². The molecule has 2 aliphatic rings. The largest absolute Gasteiger partial charge is 0.370 e. The molecule has 3 rings (SSSR count). The van der Waals surface area contributed by atoms with E-state index in [1.54, 1.807) is 4.90 Å². The Labute approximate surface area is 149 Å². The molecule has 0 spiro atoms. The number of amides is 3. The van der Waals surface area contributed by atoms with Crippen LogP contribution in [0, 0.1) is 0 Å². The first-order valence-corrected chi connectivity index (χ1v) is 9.30. The lowest BCUT2D eigenvalue weighted by Crippen LogP contribution is -2.50. The number of likely N-dealkylation sites (tertiary alicyclic amines) is 1. The second kappa shape index (κ2) is 8.23. The Hall–Kier alpha value is -2.24. The van der Waals surface area contributed by atoms with Gasteiger partial charge in [-0.25, -0.2) is 4.79 Å². The first-order chi connectivity index (χ1) is 12.1. The van der Waals surface area contributed by atoms with Crippen molar-refractivity contribution in [1.82, 2.24) is 10.2 Å². The molecule has 25 heavy (non-hydrogen) atoms. The van der Waals surface area contributed by atoms with Crippen molar-refractivity contribution in [3.63, 3.8) is 0 Å². The summed E-state index contributed by atoms with van der Waals surface area (Å²) in [5, 5.41) is 6.01. The molecule has 2 saturated heterocycles. The molecular formula is C19H28N4O2. The van der Waals surface area contributed by atoms with Gasteiger partial charge in [0.1, 0.15) is 0 Å². The molecule has 6 heteroatoms. The molecule has 2 fully saturated rings. The average Bonchev–Trinajstić information content (AvgIpc) is 2.62. The van der Waals surface area contributed by atoms with E-state index in [2.05, 4.69) is 21.6 Å². The molecule has 0 aliphatic carbocycles. The Kier molecular flexibility index (Phi) is 5.79. The summed E-state index contributed by atoms with van der Waals surface area (Å²) in [5.74, 6) is -0.0392. The number of anilines is 2. The zero-order chi connectivity index (χ0) is 17.6. The minimum Gasteiger partial charge on any atom is -0.370 e. The fraction of sp³-hybridized carbons (Fsp3) is 0.579. The molecule has 2 N–H and O–H groups in total. The number of rotatable bonds is 3. The van der Waals surface area contributed by atoms with Crippen molar-refractivity contribution in [1.29, 1.82) is 0 Å². The highest BCUT2D eigenvalue weighted by Gasteiger charge is 2.25. The third-order valence-corrected chi connectivity index (χ3v) is 4.96. The van der Waals surface area contributed by atoms with Crippen LogP contribution in [0.25, 0.3) is 0 Å². The van der Waals surface area contributed by atoms with Crippen LogP contribution in [0.5, 0.6) is 0 Å². The minimum atomic E-state index is -0.0838. The molecule has 2 aliphatic heterocycles. The predicted octanol–water partition coefficient (Wildman–Crippen LogP) is 2.81. The summed E-state index contributed by atoms with van der Waals surface area (Å²) in [7, 11) is 0. The standard InChI is InChI=1S/C19H28N4O2/c1-15(24)20-16-8-7-13-23(14-16)19(25)21-17-9-3-4-10-18(17)22-11-5-2-6-12-22/h3-4,9-10,16H,2,5-8,11-14H2,1H3,(H,20,24)(H,21,25)/t16-/m1/s1. The van der Waals surface area contributed by atoms with Crippen LogP contribution in [0.3, 0.4) is 0 Å². The number of para-hydroxylation sites is 2. The maximum absolute atomic E-state index is 12.7. The second-order valence-electron chi connectivity index (χ2n) is 6.98. The highest BCUT2D eigenvalue weighted by atomic mass is 16.2. The number of hydrogen-bond acceptors (Lipinski definition) is 3. The third-order valence-electron chi connectivity index (χ3n) is 4.96. The monoisotopic (exact) mass is 344 g/mol. The molecule has 3 amide bonds. The van der Waals surface area contributed by atoms with E-state index in [1.807, 2.05) is 18.2 Å². The maximum atomic E-state index is 12.7. The molecule has 0 radical (unpaired) electrons. The predicted molar refractivity (Wildman–Crippen MR) is 99.9 cm³/mol. The average molecular weight is 344 g/mol. The van der Waals surface area contributed by atoms with Gasteiger partial charge in [0.15, 0.2) is 0 Å². The van der Waals surface area contributed by atoms with Gasteiger partial charge >= 0.3 is 6.03 Å². The Balaban J connectivity index is 1.65. The fourth-order valence-corrected chi connectivity index (χ4v) is 3.75. The molecule has 0 unspecified atom stereocenters. The van der Waals surface area contributed by atoms with Crippen LogP contribution >= 0.6 is 0 Å². The first-order valence-electron chi connectivity index (χ1n) is 9.30. The van der Waals surface area contributed by atoms with Crippen molar-refractivity contribution in [2.45, 2.75) is 45.1 Å². The lowest BCUT2D eigenvalue weighted by Gasteiger charge is -2.34. The van der Waals surface area contributed by atoms with Crippen molar-refractivity contribution >= 4 is 23.3 Å². The van der Waals surface area contributed by atoms with Crippen LogP contribution in [0.2, 0.25) is 0 Å². The molecule has 0 saturated carbocycles. The topological polar surface area (TPSA) is 64.7 Å². The van der Waals surface area contributed by atoms with Crippen LogP contribution in [0.4, 0.5) is 16.2 Å². The van der Waals surface area contributed by atoms with Gasteiger partial charge in [-0.2, -0.15) is 0 Å². The summed E-state index contributed by atoms with van der Waals surface area (Å²) in [5.41, 5.74) is 1.97. The number of nitrogens with one attached hydrogen (secondary N) is 2. The Morgan fingerprint density at radius 3 is 2.56 bits per heavy atom. The van der Waals surface area contributed by atoms with E-state index in [9.17, 15) is 9.59 Å². The lowest BCUT2D eigenvalue weighted by atomic mass is 10.1. The summed E-state index contributed by atoms with van der Waals surface area (Å²) in [6.07, 6.45) is 5.52. The molecule has 136 valence electrons. The van der Waals surface area contributed by atoms with Gasteiger partial charge < -0.3 is 20.4 Å². The normalized spacial score (nSPS) is 20.9. The smallest absolute Gasteiger partial charge is 0.321 e. The third kappa shape index (κ3) is 4.65. The van der Waals surface area contributed by atoms with Crippen molar-refractivity contribution < 1.29 is 9.59 Å². The number of piperidine rings is 2. The summed E-state index contributed by atoms with van der Waals surface area (Å²) >= 11 is 0. The minimum absolute atomic E-state index is 0.0392. The van der Waals surface area contributed by atoms with E-state index in [4.69, 9.17) is 0 Å². The number of hydrogen-bond donors (Lipinski definition) is 2. The Morgan fingerprint density at radius 1 is 1.04 bits per heavy atom. The van der Waals surface area contributed by atoms with E-state index in [0.717, 1.165) is 43.9 Å². The second-order valence-corrected chi connectivity index (χ2v) is 6.98. The first kappa shape index (κ1) is 17.6. The molecule has 1 atom stereocenters. The summed E-state index contributed by atoms with van der Waals surface area (Å²) in [6.45, 7) is 4.90. The van der Waals surface area contributed by atoms with Gasteiger partial charge in [-0.1, -0.05) is 12.1 Å². The van der Waals surface area contributed by atoms with E-state index in [1.165, 1.54) is 26.2 Å². The summed E-state index contributed by atoms with van der Waals surface area (Å²) in [4.78, 5) is 28.1. The quantitative estimate of drug-likeness (QED) is 0.886. The molecule has 2 heterocycles. The van der Waals surface area contributed by atoms with Crippen LogP contribution in [0.1, 0.15) is 39.0 Å². The van der Waals surface area contributed by atoms with Gasteiger partial charge in [0.2, 0.25) is 5.91 Å². The zero-order valence-electron chi connectivity index (χ0n) is 15.0. The number of nitrogens with zero attached hydrogens (tertiary/aromatic N) is 2. The van der Waals surface area contributed by atoms with E-state index in [0.29, 0.717) is 6.54 Å². The summed E-state index contributed by atoms with van der Waals surface area (Å²) in [6, 6.07) is 8.00. The number of carbonyl (C=O) groups excluding carboxylic acids is 2. The van der Waals surface area contributed by atoms with Crippen LogP contribution in [-0.4, -0.2) is 49.1 Å².